The lowest BCUT2D eigenvalue weighted by molar-refractivity contribution is 0.415. The predicted octanol–water partition coefficient (Wildman–Crippen LogP) is 2.68. The maximum atomic E-state index is 12.5. The molecule has 4 rings (SSSR count). The van der Waals surface area contributed by atoms with Gasteiger partial charge in [0.2, 0.25) is 4.96 Å². The molecule has 6 heteroatoms. The monoisotopic (exact) mass is 339 g/mol. The molecule has 24 heavy (non-hydrogen) atoms. The van der Waals surface area contributed by atoms with Gasteiger partial charge < -0.3 is 4.74 Å². The van der Waals surface area contributed by atoms with E-state index in [-0.39, 0.29) is 5.56 Å². The second kappa shape index (κ2) is 6.20. The lowest BCUT2D eigenvalue weighted by atomic mass is 9.94. The lowest BCUT2D eigenvalue weighted by Gasteiger charge is -2.11. The van der Waals surface area contributed by atoms with Crippen LogP contribution in [0.2, 0.25) is 0 Å². The van der Waals surface area contributed by atoms with E-state index in [1.165, 1.54) is 15.9 Å². The summed E-state index contributed by atoms with van der Waals surface area (Å²) in [5.41, 5.74) is 0.797. The summed E-state index contributed by atoms with van der Waals surface area (Å²) in [7, 11) is 1.63. The van der Waals surface area contributed by atoms with Crippen LogP contribution in [-0.2, 0) is 0 Å². The Hall–Kier alpha value is -2.47. The minimum Gasteiger partial charge on any atom is -0.497 e. The molecule has 0 aliphatic heterocycles. The van der Waals surface area contributed by atoms with Crippen LogP contribution in [0.3, 0.4) is 0 Å². The molecule has 3 aromatic rings. The number of aromatic nitrogens is 3. The highest BCUT2D eigenvalue weighted by molar-refractivity contribution is 7.15. The minimum atomic E-state index is -0.0724. The van der Waals surface area contributed by atoms with Gasteiger partial charge in [0, 0.05) is 5.56 Å². The summed E-state index contributed by atoms with van der Waals surface area (Å²) in [4.78, 5) is 17.7. The zero-order valence-corrected chi connectivity index (χ0v) is 14.1. The van der Waals surface area contributed by atoms with Gasteiger partial charge in [-0.2, -0.15) is 9.50 Å². The average molecular weight is 339 g/mol. The Morgan fingerprint density at radius 3 is 2.79 bits per heavy atom. The van der Waals surface area contributed by atoms with Crippen LogP contribution in [0, 0.1) is 5.92 Å². The highest BCUT2D eigenvalue weighted by Gasteiger charge is 2.13. The van der Waals surface area contributed by atoms with Crippen molar-refractivity contribution < 1.29 is 4.74 Å². The smallest absolute Gasteiger partial charge is 0.290 e. The van der Waals surface area contributed by atoms with Crippen molar-refractivity contribution in [2.24, 2.45) is 5.92 Å². The van der Waals surface area contributed by atoms with Crippen molar-refractivity contribution in [3.05, 3.63) is 51.3 Å². The molecule has 2 aromatic heterocycles. The number of methoxy groups -OCH3 is 1. The Labute approximate surface area is 142 Å². The topological polar surface area (TPSA) is 56.5 Å². The molecule has 0 amide bonds. The zero-order valence-electron chi connectivity index (χ0n) is 13.3. The molecule has 1 unspecified atom stereocenters. The molecule has 0 N–H and O–H groups in total. The lowest BCUT2D eigenvalue weighted by Crippen LogP contribution is -2.25. The van der Waals surface area contributed by atoms with Gasteiger partial charge in [-0.1, -0.05) is 29.6 Å². The van der Waals surface area contributed by atoms with Crippen molar-refractivity contribution >= 4 is 22.4 Å². The average Bonchev–Trinajstić information content (AvgIpc) is 3.16. The number of nitrogens with zero attached hydrogens (tertiary/aromatic N) is 3. The number of ether oxygens (including phenoxy) is 1. The van der Waals surface area contributed by atoms with Gasteiger partial charge >= 0.3 is 0 Å². The first kappa shape index (κ1) is 15.1. The SMILES string of the molecule is COc1ccc(-c2nc3s/c(=C\C4CC=CCC4)c(=O)n3n2)cc1. The summed E-state index contributed by atoms with van der Waals surface area (Å²) in [6, 6.07) is 7.50. The van der Waals surface area contributed by atoms with Crippen LogP contribution < -0.4 is 14.8 Å². The maximum Gasteiger partial charge on any atom is 0.290 e. The molecule has 0 saturated heterocycles. The Bertz CT molecular complexity index is 1000. The Morgan fingerprint density at radius 2 is 2.12 bits per heavy atom. The van der Waals surface area contributed by atoms with E-state index >= 15 is 0 Å². The van der Waals surface area contributed by atoms with Crippen LogP contribution in [0.15, 0.2) is 41.2 Å². The molecule has 0 radical (unpaired) electrons. The van der Waals surface area contributed by atoms with Crippen LogP contribution >= 0.6 is 11.3 Å². The molecule has 1 atom stereocenters. The molecule has 5 nitrogen and oxygen atoms in total. The summed E-state index contributed by atoms with van der Waals surface area (Å²) in [5.74, 6) is 1.78. The minimum absolute atomic E-state index is 0.0724. The van der Waals surface area contributed by atoms with Gasteiger partial charge in [-0.05, 0) is 49.4 Å². The third kappa shape index (κ3) is 2.73. The summed E-state index contributed by atoms with van der Waals surface area (Å²) in [5, 5.41) is 4.38. The van der Waals surface area contributed by atoms with Crippen molar-refractivity contribution in [1.82, 2.24) is 14.6 Å². The molecule has 0 bridgehead atoms. The molecule has 0 saturated carbocycles. The number of thiazole rings is 1. The Morgan fingerprint density at radius 1 is 1.29 bits per heavy atom. The largest absolute Gasteiger partial charge is 0.497 e. The zero-order chi connectivity index (χ0) is 16.5. The van der Waals surface area contributed by atoms with E-state index in [0.29, 0.717) is 16.7 Å². The third-order valence-corrected chi connectivity index (χ3v) is 5.20. The molecule has 1 aliphatic rings. The van der Waals surface area contributed by atoms with E-state index in [9.17, 15) is 4.79 Å². The van der Waals surface area contributed by atoms with E-state index in [4.69, 9.17) is 4.74 Å². The number of rotatable bonds is 3. The normalized spacial score (nSPS) is 18.4. The quantitative estimate of drug-likeness (QED) is 0.689. The standard InChI is InChI=1S/C18H17N3O2S/c1-23-14-9-7-13(8-10-14)16-19-18-21(20-16)17(22)15(24-18)11-12-5-3-2-4-6-12/h2-3,7-12H,4-6H2,1H3/b15-11-. The second-order valence-electron chi connectivity index (χ2n) is 5.84. The number of hydrogen-bond acceptors (Lipinski definition) is 5. The number of hydrogen-bond donors (Lipinski definition) is 0. The molecule has 0 spiro atoms. The van der Waals surface area contributed by atoms with Crippen LogP contribution in [0.4, 0.5) is 0 Å². The Kier molecular flexibility index (Phi) is 3.90. The first-order valence-electron chi connectivity index (χ1n) is 7.95. The van der Waals surface area contributed by atoms with Crippen molar-refractivity contribution in [1.29, 1.82) is 0 Å². The van der Waals surface area contributed by atoms with Crippen molar-refractivity contribution in [3.63, 3.8) is 0 Å². The fourth-order valence-electron chi connectivity index (χ4n) is 2.89. The second-order valence-corrected chi connectivity index (χ2v) is 6.85. The van der Waals surface area contributed by atoms with Crippen LogP contribution in [0.1, 0.15) is 19.3 Å². The first-order valence-corrected chi connectivity index (χ1v) is 8.77. The van der Waals surface area contributed by atoms with Crippen molar-refractivity contribution in [2.45, 2.75) is 19.3 Å². The number of fused-ring (bicyclic) bond motifs is 1. The van der Waals surface area contributed by atoms with E-state index < -0.39 is 0 Å². The predicted molar refractivity (Wildman–Crippen MR) is 95.3 cm³/mol. The number of benzene rings is 1. The molecule has 1 aromatic carbocycles. The highest BCUT2D eigenvalue weighted by Crippen LogP contribution is 2.21. The van der Waals surface area contributed by atoms with Crippen LogP contribution in [0.5, 0.6) is 5.75 Å². The van der Waals surface area contributed by atoms with Gasteiger partial charge in [0.05, 0.1) is 11.6 Å². The molecular weight excluding hydrogens is 322 g/mol. The third-order valence-electron chi connectivity index (χ3n) is 4.23. The van der Waals surface area contributed by atoms with Gasteiger partial charge in [0.15, 0.2) is 5.82 Å². The molecule has 2 heterocycles. The van der Waals surface area contributed by atoms with Crippen molar-refractivity contribution in [3.8, 4) is 17.1 Å². The fraction of sp³-hybridized carbons (Fsp3) is 0.278. The van der Waals surface area contributed by atoms with Crippen LogP contribution in [-0.4, -0.2) is 21.7 Å². The van der Waals surface area contributed by atoms with Gasteiger partial charge in [0.1, 0.15) is 5.75 Å². The van der Waals surface area contributed by atoms with E-state index in [1.54, 1.807) is 7.11 Å². The summed E-state index contributed by atoms with van der Waals surface area (Å²) >= 11 is 1.41. The molecular formula is C18H17N3O2S. The summed E-state index contributed by atoms with van der Waals surface area (Å²) < 4.78 is 7.31. The maximum absolute atomic E-state index is 12.5. The summed E-state index contributed by atoms with van der Waals surface area (Å²) in [6.45, 7) is 0. The summed E-state index contributed by atoms with van der Waals surface area (Å²) in [6.07, 6.45) is 9.66. The van der Waals surface area contributed by atoms with E-state index in [0.717, 1.165) is 35.1 Å². The fourth-order valence-corrected chi connectivity index (χ4v) is 3.87. The molecule has 122 valence electrons. The Balaban J connectivity index is 1.71. The highest BCUT2D eigenvalue weighted by atomic mass is 32.1. The van der Waals surface area contributed by atoms with Gasteiger partial charge in [-0.25, -0.2) is 0 Å². The van der Waals surface area contributed by atoms with Gasteiger partial charge in [-0.3, -0.25) is 4.79 Å². The first-order chi connectivity index (χ1) is 11.7. The van der Waals surface area contributed by atoms with Crippen molar-refractivity contribution in [2.75, 3.05) is 7.11 Å². The van der Waals surface area contributed by atoms with E-state index in [2.05, 4.69) is 28.3 Å². The van der Waals surface area contributed by atoms with Gasteiger partial charge in [-0.15, -0.1) is 5.10 Å². The van der Waals surface area contributed by atoms with Gasteiger partial charge in [0.25, 0.3) is 5.56 Å². The van der Waals surface area contributed by atoms with Crippen LogP contribution in [0.25, 0.3) is 22.4 Å². The van der Waals surface area contributed by atoms with E-state index in [1.807, 2.05) is 24.3 Å². The molecule has 1 aliphatic carbocycles. The number of allylic oxidation sites excluding steroid dienone is 2. The molecule has 0 fully saturated rings.